The van der Waals surface area contributed by atoms with Gasteiger partial charge in [0, 0.05) is 23.9 Å². The predicted octanol–water partition coefficient (Wildman–Crippen LogP) is 3.14. The van der Waals surface area contributed by atoms with Crippen LogP contribution < -0.4 is 0 Å². The molecule has 3 aromatic heterocycles. The number of nitriles is 1. The molecule has 0 saturated heterocycles. The Bertz CT molecular complexity index is 807. The second kappa shape index (κ2) is 4.50. The molecule has 0 N–H and O–H groups in total. The van der Waals surface area contributed by atoms with Crippen molar-refractivity contribution in [2.75, 3.05) is 0 Å². The molecule has 0 bridgehead atoms. The van der Waals surface area contributed by atoms with Crippen LogP contribution in [0.2, 0.25) is 0 Å². The van der Waals surface area contributed by atoms with Gasteiger partial charge in [-0.3, -0.25) is 4.98 Å². The molecular weight excluding hydrogens is 284 g/mol. The highest BCUT2D eigenvalue weighted by Crippen LogP contribution is 2.61. The summed E-state index contributed by atoms with van der Waals surface area (Å²) in [5.41, 5.74) is 3.03. The van der Waals surface area contributed by atoms with Crippen LogP contribution in [0.1, 0.15) is 23.8 Å². The van der Waals surface area contributed by atoms with Crippen molar-refractivity contribution in [1.29, 1.82) is 5.26 Å². The van der Waals surface area contributed by atoms with Crippen molar-refractivity contribution in [2.45, 2.75) is 17.8 Å². The molecule has 4 rings (SSSR count). The van der Waals surface area contributed by atoms with Gasteiger partial charge < -0.3 is 4.42 Å². The third-order valence-electron chi connectivity index (χ3n) is 3.89. The second-order valence-electron chi connectivity index (χ2n) is 5.00. The van der Waals surface area contributed by atoms with E-state index in [0.717, 1.165) is 22.6 Å². The topological polar surface area (TPSA) is 75.6 Å². The monoisotopic (exact) mass is 294 g/mol. The van der Waals surface area contributed by atoms with E-state index in [1.165, 1.54) is 6.33 Å². The summed E-state index contributed by atoms with van der Waals surface area (Å²) in [5.74, 6) is 0.748. The second-order valence-corrected chi connectivity index (χ2v) is 5.89. The molecule has 102 valence electrons. The average molecular weight is 294 g/mol. The molecule has 1 aliphatic carbocycles. The van der Waals surface area contributed by atoms with Crippen LogP contribution in [0, 0.1) is 11.3 Å². The minimum Gasteiger partial charge on any atom is -0.468 e. The molecule has 3 heterocycles. The molecule has 2 atom stereocenters. The van der Waals surface area contributed by atoms with Gasteiger partial charge in [-0.2, -0.15) is 5.26 Å². The molecule has 3 aromatic rings. The Morgan fingerprint density at radius 1 is 1.38 bits per heavy atom. The number of nitrogens with zero attached hydrogens (tertiary/aromatic N) is 4. The van der Waals surface area contributed by atoms with Crippen LogP contribution in [0.5, 0.6) is 0 Å². The lowest BCUT2D eigenvalue weighted by molar-refractivity contribution is 0.482. The zero-order valence-electron chi connectivity index (χ0n) is 10.9. The zero-order chi connectivity index (χ0) is 14.3. The number of rotatable bonds is 3. The third-order valence-corrected chi connectivity index (χ3v) is 4.70. The van der Waals surface area contributed by atoms with E-state index in [0.29, 0.717) is 5.76 Å². The number of furan rings is 1. The Hall–Kier alpha value is -2.52. The quantitative estimate of drug-likeness (QED) is 0.741. The summed E-state index contributed by atoms with van der Waals surface area (Å²) in [6, 6.07) is 6.08. The van der Waals surface area contributed by atoms with Crippen LogP contribution in [0.4, 0.5) is 0 Å². The fraction of sp³-hybridized carbons (Fsp3) is 0.200. The van der Waals surface area contributed by atoms with Gasteiger partial charge in [0.15, 0.2) is 0 Å². The lowest BCUT2D eigenvalue weighted by Gasteiger charge is -2.08. The molecule has 21 heavy (non-hydrogen) atoms. The van der Waals surface area contributed by atoms with Gasteiger partial charge in [-0.05, 0) is 18.6 Å². The molecule has 6 heteroatoms. The minimum atomic E-state index is -0.600. The lowest BCUT2D eigenvalue weighted by Crippen LogP contribution is -2.06. The van der Waals surface area contributed by atoms with Crippen molar-refractivity contribution < 1.29 is 4.42 Å². The summed E-state index contributed by atoms with van der Waals surface area (Å²) in [7, 11) is 0. The van der Waals surface area contributed by atoms with Crippen LogP contribution in [-0.4, -0.2) is 15.0 Å². The van der Waals surface area contributed by atoms with Crippen LogP contribution in [0.3, 0.4) is 0 Å². The van der Waals surface area contributed by atoms with Crippen molar-refractivity contribution in [2.24, 2.45) is 0 Å². The first-order chi connectivity index (χ1) is 10.3. The molecule has 1 saturated carbocycles. The molecule has 1 aliphatic rings. The largest absolute Gasteiger partial charge is 0.468 e. The van der Waals surface area contributed by atoms with E-state index in [-0.39, 0.29) is 5.92 Å². The predicted molar refractivity (Wildman–Crippen MR) is 76.5 cm³/mol. The standard InChI is InChI=1S/C15H10N4OS/c16-7-15(13-2-1-3-20-13)4-11(15)14-10(5-17-8-19-14)12-6-18-9-21-12/h1-3,5-6,8-9,11H,4H2. The van der Waals surface area contributed by atoms with Crippen molar-refractivity contribution in [3.63, 3.8) is 0 Å². The number of hydrogen-bond acceptors (Lipinski definition) is 6. The summed E-state index contributed by atoms with van der Waals surface area (Å²) >= 11 is 1.54. The van der Waals surface area contributed by atoms with Gasteiger partial charge in [-0.15, -0.1) is 11.3 Å². The number of aromatic nitrogens is 3. The highest BCUT2D eigenvalue weighted by molar-refractivity contribution is 7.13. The van der Waals surface area contributed by atoms with Gasteiger partial charge in [0.25, 0.3) is 0 Å². The molecule has 1 fully saturated rings. The van der Waals surface area contributed by atoms with E-state index in [9.17, 15) is 5.26 Å². The third kappa shape index (κ3) is 1.78. The fourth-order valence-corrected chi connectivity index (χ4v) is 3.37. The zero-order valence-corrected chi connectivity index (χ0v) is 11.7. The maximum atomic E-state index is 9.62. The Morgan fingerprint density at radius 2 is 2.33 bits per heavy atom. The summed E-state index contributed by atoms with van der Waals surface area (Å²) < 4.78 is 5.46. The smallest absolute Gasteiger partial charge is 0.124 e. The summed E-state index contributed by atoms with van der Waals surface area (Å²) in [4.78, 5) is 13.7. The molecule has 0 spiro atoms. The molecule has 0 aliphatic heterocycles. The Morgan fingerprint density at radius 3 is 3.05 bits per heavy atom. The lowest BCUT2D eigenvalue weighted by atomic mass is 9.98. The van der Waals surface area contributed by atoms with Gasteiger partial charge in [0.1, 0.15) is 17.5 Å². The van der Waals surface area contributed by atoms with E-state index < -0.39 is 5.41 Å². The highest BCUT2D eigenvalue weighted by Gasteiger charge is 2.60. The normalized spacial score (nSPS) is 23.7. The van der Waals surface area contributed by atoms with Crippen molar-refractivity contribution in [1.82, 2.24) is 15.0 Å². The first kappa shape index (κ1) is 12.2. The van der Waals surface area contributed by atoms with Gasteiger partial charge in [-0.1, -0.05) is 0 Å². The first-order valence-electron chi connectivity index (χ1n) is 6.49. The van der Waals surface area contributed by atoms with E-state index in [4.69, 9.17) is 4.42 Å². The maximum absolute atomic E-state index is 9.62. The van der Waals surface area contributed by atoms with Crippen molar-refractivity contribution in [3.8, 4) is 16.5 Å². The summed E-state index contributed by atoms with van der Waals surface area (Å²) in [6.45, 7) is 0. The Balaban J connectivity index is 1.79. The van der Waals surface area contributed by atoms with Crippen LogP contribution >= 0.6 is 11.3 Å². The molecular formula is C15H10N4OS. The molecule has 2 unspecified atom stereocenters. The van der Waals surface area contributed by atoms with Gasteiger partial charge in [0.05, 0.1) is 28.4 Å². The van der Waals surface area contributed by atoms with Gasteiger partial charge in [0.2, 0.25) is 0 Å². The number of thiazole rings is 1. The highest BCUT2D eigenvalue weighted by atomic mass is 32.1. The van der Waals surface area contributed by atoms with E-state index >= 15 is 0 Å². The maximum Gasteiger partial charge on any atom is 0.124 e. The first-order valence-corrected chi connectivity index (χ1v) is 7.37. The Kier molecular flexibility index (Phi) is 2.62. The van der Waals surface area contributed by atoms with Crippen LogP contribution in [0.25, 0.3) is 10.4 Å². The summed E-state index contributed by atoms with van der Waals surface area (Å²) in [5, 5.41) is 9.62. The molecule has 0 aromatic carbocycles. The van der Waals surface area contributed by atoms with Gasteiger partial charge in [-0.25, -0.2) is 9.97 Å². The van der Waals surface area contributed by atoms with Crippen molar-refractivity contribution >= 4 is 11.3 Å². The van der Waals surface area contributed by atoms with Crippen LogP contribution in [0.15, 0.2) is 47.0 Å². The van der Waals surface area contributed by atoms with Crippen LogP contribution in [-0.2, 0) is 5.41 Å². The summed E-state index contributed by atoms with van der Waals surface area (Å²) in [6.07, 6.45) is 7.45. The molecule has 0 amide bonds. The number of hydrogen-bond donors (Lipinski definition) is 0. The SMILES string of the molecule is N#CC1(c2ccco2)CC1c1ncncc1-c1cncs1. The molecule has 5 nitrogen and oxygen atoms in total. The average Bonchev–Trinajstić information content (AvgIpc) is 2.97. The van der Waals surface area contributed by atoms with Gasteiger partial charge >= 0.3 is 0 Å². The molecule has 0 radical (unpaired) electrons. The van der Waals surface area contributed by atoms with E-state index in [1.54, 1.807) is 35.5 Å². The fourth-order valence-electron chi connectivity index (χ4n) is 2.73. The van der Waals surface area contributed by atoms with E-state index in [2.05, 4.69) is 21.0 Å². The minimum absolute atomic E-state index is 0.0359. The van der Waals surface area contributed by atoms with E-state index in [1.807, 2.05) is 12.1 Å². The van der Waals surface area contributed by atoms with Crippen molar-refractivity contribution in [3.05, 3.63) is 54.1 Å². The Labute approximate surface area is 124 Å².